The first-order valence-electron chi connectivity index (χ1n) is 9.24. The molecule has 6 rings (SSSR count). The Hall–Kier alpha value is -2.84. The van der Waals surface area contributed by atoms with Gasteiger partial charge in [0.15, 0.2) is 5.69 Å². The number of halogens is 1. The van der Waals surface area contributed by atoms with Crippen molar-refractivity contribution < 1.29 is 4.79 Å². The fraction of sp³-hybridized carbons (Fsp3) is 0.318. The van der Waals surface area contributed by atoms with Gasteiger partial charge in [-0.15, -0.1) is 0 Å². The smallest absolute Gasteiger partial charge is 0.223 e. The van der Waals surface area contributed by atoms with Crippen LogP contribution in [0.25, 0.3) is 26.9 Å². The maximum atomic E-state index is 11.8. The Bertz CT molecular complexity index is 1210. The third-order valence-electron chi connectivity index (χ3n) is 6.62. The van der Waals surface area contributed by atoms with Gasteiger partial charge < -0.3 is 10.3 Å². The van der Waals surface area contributed by atoms with Crippen LogP contribution in [-0.2, 0) is 10.3 Å². The number of amides is 1. The van der Waals surface area contributed by atoms with Gasteiger partial charge in [0, 0.05) is 40.8 Å². The first-order valence-corrected chi connectivity index (χ1v) is 9.62. The summed E-state index contributed by atoms with van der Waals surface area (Å²) in [6.45, 7) is 11.4. The van der Waals surface area contributed by atoms with Crippen molar-refractivity contribution in [3.05, 3.63) is 58.3 Å². The van der Waals surface area contributed by atoms with Crippen molar-refractivity contribution in [2.75, 3.05) is 0 Å². The predicted octanol–water partition coefficient (Wildman–Crippen LogP) is 4.89. The van der Waals surface area contributed by atoms with Gasteiger partial charge in [0.2, 0.25) is 5.91 Å². The summed E-state index contributed by atoms with van der Waals surface area (Å²) in [4.78, 5) is 19.8. The standard InChI is InChI=1S/C22H19ClN4O/c1-12-4-18-14(5-17(12)25-3)16(15-7-26-6-13(2)19(15)23)8-27(18)22-9-21(10-22,11-22)20(24)28/h4-8H,9-11H2,1-2H3,(H2,24,28). The number of pyridine rings is 1. The molecule has 140 valence electrons. The number of hydrogen-bond acceptors (Lipinski definition) is 2. The van der Waals surface area contributed by atoms with Gasteiger partial charge in [-0.2, -0.15) is 0 Å². The summed E-state index contributed by atoms with van der Waals surface area (Å²) in [5.41, 5.74) is 10.6. The molecule has 0 atom stereocenters. The largest absolute Gasteiger partial charge is 0.369 e. The lowest BCUT2D eigenvalue weighted by Gasteiger charge is -2.69. The second-order valence-electron chi connectivity index (χ2n) is 8.40. The molecule has 1 amide bonds. The molecule has 2 N–H and O–H groups in total. The van der Waals surface area contributed by atoms with E-state index in [2.05, 4.69) is 26.7 Å². The van der Waals surface area contributed by atoms with Crippen LogP contribution in [0.15, 0.2) is 30.7 Å². The zero-order valence-electron chi connectivity index (χ0n) is 15.7. The van der Waals surface area contributed by atoms with Crippen LogP contribution in [0, 0.1) is 25.8 Å². The molecule has 3 fully saturated rings. The second kappa shape index (κ2) is 5.36. The summed E-state index contributed by atoms with van der Waals surface area (Å²) in [5, 5.41) is 1.66. The Kier molecular flexibility index (Phi) is 3.31. The van der Waals surface area contributed by atoms with E-state index in [0.29, 0.717) is 10.7 Å². The monoisotopic (exact) mass is 390 g/mol. The van der Waals surface area contributed by atoms with Gasteiger partial charge in [-0.1, -0.05) is 11.6 Å². The van der Waals surface area contributed by atoms with E-state index in [0.717, 1.165) is 52.4 Å². The van der Waals surface area contributed by atoms with E-state index in [1.807, 2.05) is 19.9 Å². The van der Waals surface area contributed by atoms with Crippen molar-refractivity contribution in [1.29, 1.82) is 0 Å². The minimum atomic E-state index is -0.329. The molecule has 0 saturated heterocycles. The molecule has 3 aliphatic rings. The van der Waals surface area contributed by atoms with E-state index in [1.165, 1.54) is 0 Å². The molecule has 0 unspecified atom stereocenters. The number of rotatable bonds is 3. The Morgan fingerprint density at radius 3 is 2.57 bits per heavy atom. The van der Waals surface area contributed by atoms with Crippen LogP contribution in [0.3, 0.4) is 0 Å². The zero-order chi connectivity index (χ0) is 19.8. The second-order valence-corrected chi connectivity index (χ2v) is 8.78. The van der Waals surface area contributed by atoms with Crippen molar-refractivity contribution >= 4 is 34.1 Å². The van der Waals surface area contributed by atoms with Crippen LogP contribution >= 0.6 is 11.6 Å². The van der Waals surface area contributed by atoms with Crippen LogP contribution in [0.1, 0.15) is 30.4 Å². The van der Waals surface area contributed by atoms with E-state index in [4.69, 9.17) is 23.9 Å². The van der Waals surface area contributed by atoms with Crippen molar-refractivity contribution in [3.8, 4) is 11.1 Å². The highest BCUT2D eigenvalue weighted by atomic mass is 35.5. The van der Waals surface area contributed by atoms with Gasteiger partial charge in [-0.05, 0) is 61.8 Å². The SMILES string of the molecule is [C-]#[N+]c1cc2c(-c3cncc(C)c3Cl)cn(C34CC(C(N)=O)(C3)C4)c2cc1C. The molecule has 0 radical (unpaired) electrons. The topological polar surface area (TPSA) is 65.3 Å². The molecular formula is C22H19ClN4O. The third kappa shape index (κ3) is 2.01. The summed E-state index contributed by atoms with van der Waals surface area (Å²) in [7, 11) is 0. The fourth-order valence-electron chi connectivity index (χ4n) is 5.08. The van der Waals surface area contributed by atoms with Gasteiger partial charge in [0.25, 0.3) is 0 Å². The number of primary amides is 1. The fourth-order valence-corrected chi connectivity index (χ4v) is 5.28. The summed E-state index contributed by atoms with van der Waals surface area (Å²) in [6.07, 6.45) is 7.98. The van der Waals surface area contributed by atoms with Gasteiger partial charge >= 0.3 is 0 Å². The molecule has 3 aromatic rings. The minimum absolute atomic E-state index is 0.0681. The Morgan fingerprint density at radius 1 is 1.21 bits per heavy atom. The first kappa shape index (κ1) is 17.3. The van der Waals surface area contributed by atoms with Crippen LogP contribution < -0.4 is 5.73 Å². The van der Waals surface area contributed by atoms with Crippen molar-refractivity contribution in [3.63, 3.8) is 0 Å². The van der Waals surface area contributed by atoms with E-state index < -0.39 is 0 Å². The van der Waals surface area contributed by atoms with Gasteiger partial charge in [-0.25, -0.2) is 4.85 Å². The molecule has 6 heteroatoms. The summed E-state index contributed by atoms with van der Waals surface area (Å²) in [6, 6.07) is 4.01. The number of carbonyl (C=O) groups is 1. The quantitative estimate of drug-likeness (QED) is 0.647. The highest BCUT2D eigenvalue weighted by Crippen LogP contribution is 2.72. The summed E-state index contributed by atoms with van der Waals surface area (Å²) < 4.78 is 2.28. The van der Waals surface area contributed by atoms with E-state index in [-0.39, 0.29) is 16.9 Å². The Labute approximate surface area is 167 Å². The molecule has 3 aliphatic carbocycles. The normalized spacial score (nSPS) is 25.1. The molecule has 2 bridgehead atoms. The van der Waals surface area contributed by atoms with Gasteiger partial charge in [-0.3, -0.25) is 9.78 Å². The predicted molar refractivity (Wildman–Crippen MR) is 109 cm³/mol. The number of nitrogens with zero attached hydrogens (tertiary/aromatic N) is 3. The maximum absolute atomic E-state index is 11.8. The van der Waals surface area contributed by atoms with Crippen molar-refractivity contribution in [2.24, 2.45) is 11.1 Å². The zero-order valence-corrected chi connectivity index (χ0v) is 16.5. The Morgan fingerprint density at radius 2 is 1.93 bits per heavy atom. The average Bonchev–Trinajstić information content (AvgIpc) is 2.92. The number of carbonyl (C=O) groups excluding carboxylic acids is 1. The van der Waals surface area contributed by atoms with Crippen molar-refractivity contribution in [2.45, 2.75) is 38.6 Å². The highest BCUT2D eigenvalue weighted by molar-refractivity contribution is 6.34. The maximum Gasteiger partial charge on any atom is 0.223 e. The van der Waals surface area contributed by atoms with Crippen molar-refractivity contribution in [1.82, 2.24) is 9.55 Å². The number of hydrogen-bond donors (Lipinski definition) is 1. The summed E-state index contributed by atoms with van der Waals surface area (Å²) in [5.74, 6) is -0.191. The van der Waals surface area contributed by atoms with E-state index in [1.54, 1.807) is 12.4 Å². The lowest BCUT2D eigenvalue weighted by atomic mass is 9.39. The molecule has 0 aliphatic heterocycles. The lowest BCUT2D eigenvalue weighted by Crippen LogP contribution is -2.71. The molecular weight excluding hydrogens is 372 g/mol. The highest BCUT2D eigenvalue weighted by Gasteiger charge is 2.72. The molecule has 2 heterocycles. The number of benzene rings is 1. The number of aromatic nitrogens is 2. The van der Waals surface area contributed by atoms with Crippen LogP contribution in [0.4, 0.5) is 5.69 Å². The molecule has 28 heavy (non-hydrogen) atoms. The Balaban J connectivity index is 1.75. The lowest BCUT2D eigenvalue weighted by molar-refractivity contribution is -0.192. The minimum Gasteiger partial charge on any atom is -0.369 e. The summed E-state index contributed by atoms with van der Waals surface area (Å²) >= 11 is 6.61. The number of fused-ring (bicyclic) bond motifs is 1. The van der Waals surface area contributed by atoms with E-state index in [9.17, 15) is 4.79 Å². The number of nitrogens with two attached hydrogens (primary N) is 1. The van der Waals surface area contributed by atoms with Crippen LogP contribution in [0.2, 0.25) is 5.02 Å². The molecule has 3 saturated carbocycles. The van der Waals surface area contributed by atoms with Crippen LogP contribution in [0.5, 0.6) is 0 Å². The van der Waals surface area contributed by atoms with Crippen LogP contribution in [-0.4, -0.2) is 15.5 Å². The van der Waals surface area contributed by atoms with Gasteiger partial charge in [0.05, 0.1) is 17.0 Å². The average molecular weight is 391 g/mol. The first-order chi connectivity index (χ1) is 13.3. The van der Waals surface area contributed by atoms with E-state index >= 15 is 0 Å². The molecule has 0 spiro atoms. The third-order valence-corrected chi connectivity index (χ3v) is 7.13. The number of aryl methyl sites for hydroxylation is 2. The molecule has 2 aromatic heterocycles. The molecule has 1 aromatic carbocycles. The van der Waals surface area contributed by atoms with Gasteiger partial charge in [0.1, 0.15) is 0 Å². The molecule has 5 nitrogen and oxygen atoms in total.